The van der Waals surface area contributed by atoms with Crippen molar-refractivity contribution in [3.8, 4) is 6.07 Å². The Balaban J connectivity index is 3.25. The fraction of sp³-hybridized carbons (Fsp3) is 0.143. The second-order valence-corrected chi connectivity index (χ2v) is 3.13. The summed E-state index contributed by atoms with van der Waals surface area (Å²) >= 11 is 1.31. The first-order valence-corrected chi connectivity index (χ1v) is 3.68. The first-order valence-electron chi connectivity index (χ1n) is 2.86. The Morgan fingerprint density at radius 2 is 2.45 bits per heavy atom. The monoisotopic (exact) mass is 164 g/mol. The van der Waals surface area contributed by atoms with E-state index in [2.05, 4.69) is 4.99 Å². The smallest absolute Gasteiger partial charge is 0.211 e. The maximum atomic E-state index is 9.86. The molecule has 54 valence electrons. The number of aliphatic imine (C=N–C) groups is 1. The van der Waals surface area contributed by atoms with Crippen molar-refractivity contribution in [1.82, 2.24) is 0 Å². The van der Waals surface area contributed by atoms with Crippen LogP contribution in [0.5, 0.6) is 0 Å². The molecule has 1 aromatic rings. The summed E-state index contributed by atoms with van der Waals surface area (Å²) in [5.74, 6) is 0. The van der Waals surface area contributed by atoms with Crippen LogP contribution < -0.4 is 0 Å². The molecular weight excluding hydrogens is 160 g/mol. The average Bonchev–Trinajstić information content (AvgIpc) is 2.32. The Labute approximate surface area is 67.6 Å². The molecule has 0 aliphatic heterocycles. The van der Waals surface area contributed by atoms with E-state index in [4.69, 9.17) is 5.26 Å². The molecule has 1 heterocycles. The lowest BCUT2D eigenvalue weighted by Gasteiger charge is -1.77. The number of hydrogen-bond donors (Lipinski definition) is 0. The molecule has 0 aromatic carbocycles. The molecule has 1 rings (SSSR count). The minimum absolute atomic E-state index is 0.441. The van der Waals surface area contributed by atoms with Gasteiger partial charge in [-0.2, -0.15) is 10.3 Å². The third-order valence-electron chi connectivity index (χ3n) is 1.10. The number of nitrogens with zero attached hydrogens (tertiary/aromatic N) is 2. The number of rotatable bonds is 1. The summed E-state index contributed by atoms with van der Waals surface area (Å²) in [6.45, 7) is 1.86. The van der Waals surface area contributed by atoms with Gasteiger partial charge in [0.2, 0.25) is 6.08 Å². The molecule has 0 fully saturated rings. The van der Waals surface area contributed by atoms with E-state index in [1.165, 1.54) is 17.4 Å². The van der Waals surface area contributed by atoms with Gasteiger partial charge < -0.3 is 0 Å². The van der Waals surface area contributed by atoms with Gasteiger partial charge in [0.25, 0.3) is 0 Å². The van der Waals surface area contributed by atoms with Crippen molar-refractivity contribution in [3.05, 3.63) is 16.5 Å². The van der Waals surface area contributed by atoms with Crippen LogP contribution in [0.15, 0.2) is 11.1 Å². The molecule has 4 heteroatoms. The Morgan fingerprint density at radius 3 is 3.00 bits per heavy atom. The number of hydrogen-bond acceptors (Lipinski definition) is 4. The quantitative estimate of drug-likeness (QED) is 0.470. The third-order valence-corrected chi connectivity index (χ3v) is 2.05. The lowest BCUT2D eigenvalue weighted by Crippen LogP contribution is -1.63. The van der Waals surface area contributed by atoms with Crippen LogP contribution in [0.4, 0.5) is 5.00 Å². The first-order chi connectivity index (χ1) is 5.27. The molecule has 3 nitrogen and oxygen atoms in total. The molecule has 0 aliphatic carbocycles. The highest BCUT2D eigenvalue weighted by atomic mass is 32.1. The predicted octanol–water partition coefficient (Wildman–Crippen LogP) is 1.90. The lowest BCUT2D eigenvalue weighted by molar-refractivity contribution is 0.565. The molecule has 0 atom stereocenters. The Morgan fingerprint density at radius 1 is 1.73 bits per heavy atom. The highest BCUT2D eigenvalue weighted by Crippen LogP contribution is 2.28. The van der Waals surface area contributed by atoms with Crippen LogP contribution in [0.3, 0.4) is 0 Å². The van der Waals surface area contributed by atoms with Crippen LogP contribution >= 0.6 is 11.3 Å². The molecule has 0 radical (unpaired) electrons. The third kappa shape index (κ3) is 1.53. The Hall–Kier alpha value is -1.43. The normalized spacial score (nSPS) is 8.36. The van der Waals surface area contributed by atoms with Crippen LogP contribution in [0.25, 0.3) is 0 Å². The molecule has 0 saturated heterocycles. The van der Waals surface area contributed by atoms with Crippen LogP contribution in [0, 0.1) is 18.3 Å². The van der Waals surface area contributed by atoms with E-state index in [9.17, 15) is 4.79 Å². The molecule has 0 bridgehead atoms. The molecule has 0 saturated carbocycles. The van der Waals surface area contributed by atoms with Crippen molar-refractivity contribution < 1.29 is 4.79 Å². The highest BCUT2D eigenvalue weighted by Gasteiger charge is 2.03. The van der Waals surface area contributed by atoms with E-state index >= 15 is 0 Å². The standard InChI is InChI=1S/C7H4N2OS/c1-5-2-6(3-8)7(11-5)9-4-10/h2H,1H3. The zero-order valence-corrected chi connectivity index (χ0v) is 6.60. The van der Waals surface area contributed by atoms with Crippen molar-refractivity contribution in [2.75, 3.05) is 0 Å². The molecule has 1 aromatic heterocycles. The van der Waals surface area contributed by atoms with E-state index in [0.29, 0.717) is 10.6 Å². The van der Waals surface area contributed by atoms with Gasteiger partial charge >= 0.3 is 0 Å². The molecule has 11 heavy (non-hydrogen) atoms. The van der Waals surface area contributed by atoms with Crippen molar-refractivity contribution in [2.45, 2.75) is 6.92 Å². The molecule has 0 spiro atoms. The number of isocyanates is 1. The number of nitriles is 1. The molecule has 0 aliphatic rings. The second kappa shape index (κ2) is 3.11. The van der Waals surface area contributed by atoms with E-state index in [1.807, 2.05) is 13.0 Å². The minimum atomic E-state index is 0.441. The van der Waals surface area contributed by atoms with Gasteiger partial charge in [-0.25, -0.2) is 4.79 Å². The largest absolute Gasteiger partial charge is 0.241 e. The molecule has 0 N–H and O–H groups in total. The number of aryl methyl sites for hydroxylation is 1. The summed E-state index contributed by atoms with van der Waals surface area (Å²) in [6.07, 6.45) is 1.41. The van der Waals surface area contributed by atoms with Crippen LogP contribution in [0.1, 0.15) is 10.4 Å². The summed E-state index contributed by atoms with van der Waals surface area (Å²) in [6, 6.07) is 3.63. The first kappa shape index (κ1) is 7.67. The maximum Gasteiger partial charge on any atom is 0.241 e. The van der Waals surface area contributed by atoms with E-state index in [1.54, 1.807) is 6.07 Å². The van der Waals surface area contributed by atoms with Gasteiger partial charge in [-0.05, 0) is 13.0 Å². The van der Waals surface area contributed by atoms with Crippen molar-refractivity contribution in [2.24, 2.45) is 4.99 Å². The maximum absolute atomic E-state index is 9.86. The van der Waals surface area contributed by atoms with E-state index in [0.717, 1.165) is 4.88 Å². The SMILES string of the molecule is Cc1cc(C#N)c(N=C=O)s1. The van der Waals surface area contributed by atoms with Gasteiger partial charge in [-0.1, -0.05) is 0 Å². The Kier molecular flexibility index (Phi) is 2.17. The topological polar surface area (TPSA) is 53.2 Å². The molecular formula is C7H4N2OS. The minimum Gasteiger partial charge on any atom is -0.211 e. The fourth-order valence-electron chi connectivity index (χ4n) is 0.707. The highest BCUT2D eigenvalue weighted by molar-refractivity contribution is 7.16. The predicted molar refractivity (Wildman–Crippen MR) is 41.6 cm³/mol. The summed E-state index contributed by atoms with van der Waals surface area (Å²) in [7, 11) is 0. The van der Waals surface area contributed by atoms with Crippen LogP contribution in [0.2, 0.25) is 0 Å². The summed E-state index contributed by atoms with van der Waals surface area (Å²) in [5, 5.41) is 8.97. The lowest BCUT2D eigenvalue weighted by atomic mass is 10.3. The van der Waals surface area contributed by atoms with Gasteiger partial charge in [0, 0.05) is 4.88 Å². The fourth-order valence-corrected chi connectivity index (χ4v) is 1.49. The number of thiophene rings is 1. The van der Waals surface area contributed by atoms with Gasteiger partial charge in [-0.15, -0.1) is 11.3 Å². The van der Waals surface area contributed by atoms with Crippen molar-refractivity contribution in [1.29, 1.82) is 5.26 Å². The Bertz CT molecular complexity index is 355. The number of carbonyl (C=O) groups excluding carboxylic acids is 1. The zero-order chi connectivity index (χ0) is 8.27. The summed E-state index contributed by atoms with van der Waals surface area (Å²) in [4.78, 5) is 14.2. The van der Waals surface area contributed by atoms with E-state index < -0.39 is 0 Å². The molecule has 0 amide bonds. The second-order valence-electron chi connectivity index (χ2n) is 1.89. The average molecular weight is 164 g/mol. The zero-order valence-electron chi connectivity index (χ0n) is 5.79. The van der Waals surface area contributed by atoms with Crippen LogP contribution in [-0.4, -0.2) is 6.08 Å². The van der Waals surface area contributed by atoms with Gasteiger partial charge in [0.1, 0.15) is 11.1 Å². The van der Waals surface area contributed by atoms with Crippen molar-refractivity contribution >= 4 is 22.4 Å². The van der Waals surface area contributed by atoms with Gasteiger partial charge in [0.05, 0.1) is 5.56 Å². The van der Waals surface area contributed by atoms with E-state index in [-0.39, 0.29) is 0 Å². The summed E-state index contributed by atoms with van der Waals surface area (Å²) in [5.41, 5.74) is 0.441. The molecule has 0 unspecified atom stereocenters. The van der Waals surface area contributed by atoms with Gasteiger partial charge in [-0.3, -0.25) is 0 Å². The summed E-state index contributed by atoms with van der Waals surface area (Å²) < 4.78 is 0. The van der Waals surface area contributed by atoms with Gasteiger partial charge in [0.15, 0.2) is 0 Å². The van der Waals surface area contributed by atoms with Crippen LogP contribution in [-0.2, 0) is 4.79 Å². The van der Waals surface area contributed by atoms with Crippen molar-refractivity contribution in [3.63, 3.8) is 0 Å².